The fourth-order valence-corrected chi connectivity index (χ4v) is 3.06. The molecule has 0 aliphatic heterocycles. The summed E-state index contributed by atoms with van der Waals surface area (Å²) in [5.74, 6) is 0. The molecular weight excluding hydrogens is 214 g/mol. The first-order valence-corrected chi connectivity index (χ1v) is 9.07. The highest BCUT2D eigenvalue weighted by Crippen LogP contribution is 2.04. The van der Waals surface area contributed by atoms with E-state index in [0.29, 0.717) is 0 Å². The van der Waals surface area contributed by atoms with E-state index in [1.165, 1.54) is 5.19 Å². The molecule has 0 atom stereocenters. The molecule has 0 spiro atoms. The van der Waals surface area contributed by atoms with Crippen LogP contribution in [-0.2, 0) is 4.84 Å². The Balaban J connectivity index is 2.46. The van der Waals surface area contributed by atoms with Gasteiger partial charge in [-0.25, -0.2) is 0 Å². The molecule has 0 aliphatic rings. The SMILES string of the molecule is CCCC=NOC[Si](C)(C)c1ccccc1. The number of unbranched alkanes of at least 4 members (excludes halogenated alkanes) is 1. The van der Waals surface area contributed by atoms with Crippen molar-refractivity contribution in [3.63, 3.8) is 0 Å². The fraction of sp³-hybridized carbons (Fsp3) is 0.462. The van der Waals surface area contributed by atoms with Gasteiger partial charge in [0.25, 0.3) is 0 Å². The van der Waals surface area contributed by atoms with Crippen LogP contribution in [0.4, 0.5) is 0 Å². The van der Waals surface area contributed by atoms with Gasteiger partial charge in [-0.05, 0) is 6.42 Å². The Hall–Kier alpha value is -1.09. The second kappa shape index (κ2) is 6.48. The quantitative estimate of drug-likeness (QED) is 0.422. The van der Waals surface area contributed by atoms with Gasteiger partial charge in [0.2, 0.25) is 0 Å². The summed E-state index contributed by atoms with van der Waals surface area (Å²) >= 11 is 0. The summed E-state index contributed by atoms with van der Waals surface area (Å²) in [6.07, 6.45) is 4.71. The van der Waals surface area contributed by atoms with Gasteiger partial charge in [-0.15, -0.1) is 0 Å². The Labute approximate surface area is 99.3 Å². The van der Waals surface area contributed by atoms with E-state index in [1.807, 2.05) is 12.3 Å². The van der Waals surface area contributed by atoms with E-state index in [0.717, 1.165) is 19.1 Å². The molecule has 0 radical (unpaired) electrons. The second-order valence-electron chi connectivity index (χ2n) is 4.60. The first-order valence-electron chi connectivity index (χ1n) is 5.86. The molecule has 0 amide bonds. The van der Waals surface area contributed by atoms with Crippen LogP contribution in [0.3, 0.4) is 0 Å². The van der Waals surface area contributed by atoms with Gasteiger partial charge < -0.3 is 4.84 Å². The lowest BCUT2D eigenvalue weighted by Crippen LogP contribution is -2.45. The minimum absolute atomic E-state index is 0.747. The maximum absolute atomic E-state index is 5.39. The summed E-state index contributed by atoms with van der Waals surface area (Å²) in [5, 5.41) is 5.40. The maximum atomic E-state index is 5.39. The topological polar surface area (TPSA) is 21.6 Å². The predicted octanol–water partition coefficient (Wildman–Crippen LogP) is 2.94. The third kappa shape index (κ3) is 4.19. The minimum Gasteiger partial charge on any atom is -0.399 e. The van der Waals surface area contributed by atoms with Crippen molar-refractivity contribution in [2.75, 3.05) is 6.23 Å². The number of rotatable bonds is 6. The van der Waals surface area contributed by atoms with E-state index >= 15 is 0 Å². The normalized spacial score (nSPS) is 11.9. The largest absolute Gasteiger partial charge is 0.399 e. The second-order valence-corrected chi connectivity index (χ2v) is 9.23. The molecule has 1 aromatic carbocycles. The summed E-state index contributed by atoms with van der Waals surface area (Å²) < 4.78 is 0. The Morgan fingerprint density at radius 3 is 2.56 bits per heavy atom. The lowest BCUT2D eigenvalue weighted by Gasteiger charge is -2.20. The molecule has 0 unspecified atom stereocenters. The molecule has 1 rings (SSSR count). The van der Waals surface area contributed by atoms with Crippen LogP contribution >= 0.6 is 0 Å². The Morgan fingerprint density at radius 2 is 1.94 bits per heavy atom. The molecule has 0 aromatic heterocycles. The van der Waals surface area contributed by atoms with E-state index in [2.05, 4.69) is 49.4 Å². The van der Waals surface area contributed by atoms with Gasteiger partial charge in [0, 0.05) is 6.21 Å². The van der Waals surface area contributed by atoms with E-state index in [9.17, 15) is 0 Å². The van der Waals surface area contributed by atoms with Crippen molar-refractivity contribution >= 4 is 19.5 Å². The molecule has 0 heterocycles. The molecule has 0 saturated carbocycles. The minimum atomic E-state index is -1.48. The molecule has 0 fully saturated rings. The Kier molecular flexibility index (Phi) is 5.26. The lowest BCUT2D eigenvalue weighted by molar-refractivity contribution is 0.188. The third-order valence-corrected chi connectivity index (χ3v) is 5.29. The zero-order valence-electron chi connectivity index (χ0n) is 10.4. The van der Waals surface area contributed by atoms with Crippen molar-refractivity contribution < 1.29 is 4.84 Å². The van der Waals surface area contributed by atoms with Crippen LogP contribution in [0.5, 0.6) is 0 Å². The van der Waals surface area contributed by atoms with Gasteiger partial charge in [-0.2, -0.15) is 0 Å². The molecule has 16 heavy (non-hydrogen) atoms. The van der Waals surface area contributed by atoms with Crippen LogP contribution in [0, 0.1) is 0 Å². The van der Waals surface area contributed by atoms with Crippen LogP contribution < -0.4 is 5.19 Å². The average molecular weight is 235 g/mol. The number of nitrogens with zero attached hydrogens (tertiary/aromatic N) is 1. The molecule has 3 heteroatoms. The average Bonchev–Trinajstić information content (AvgIpc) is 2.30. The molecule has 1 aromatic rings. The van der Waals surface area contributed by atoms with E-state index in [1.54, 1.807) is 0 Å². The first-order chi connectivity index (χ1) is 7.67. The van der Waals surface area contributed by atoms with Crippen LogP contribution in [0.25, 0.3) is 0 Å². The first kappa shape index (κ1) is 13.0. The van der Waals surface area contributed by atoms with Crippen LogP contribution in [0.15, 0.2) is 35.5 Å². The van der Waals surface area contributed by atoms with Gasteiger partial charge in [-0.3, -0.25) is 0 Å². The number of oxime groups is 1. The molecule has 0 bridgehead atoms. The van der Waals surface area contributed by atoms with Crippen LogP contribution in [0.1, 0.15) is 19.8 Å². The van der Waals surface area contributed by atoms with Crippen molar-refractivity contribution in [1.82, 2.24) is 0 Å². The zero-order chi connectivity index (χ0) is 11.9. The molecular formula is C13H21NOSi. The van der Waals surface area contributed by atoms with Crippen molar-refractivity contribution in [2.24, 2.45) is 5.16 Å². The summed E-state index contributed by atoms with van der Waals surface area (Å²) in [4.78, 5) is 5.39. The number of hydrogen-bond donors (Lipinski definition) is 0. The van der Waals surface area contributed by atoms with Crippen molar-refractivity contribution in [2.45, 2.75) is 32.9 Å². The van der Waals surface area contributed by atoms with Gasteiger partial charge in [0.15, 0.2) is 0 Å². The van der Waals surface area contributed by atoms with E-state index in [-0.39, 0.29) is 0 Å². The van der Waals surface area contributed by atoms with Gasteiger partial charge >= 0.3 is 0 Å². The van der Waals surface area contributed by atoms with Gasteiger partial charge in [0.1, 0.15) is 14.3 Å². The number of hydrogen-bond acceptors (Lipinski definition) is 2. The van der Waals surface area contributed by atoms with Gasteiger partial charge in [0.05, 0.1) is 0 Å². The maximum Gasteiger partial charge on any atom is 0.127 e. The third-order valence-electron chi connectivity index (χ3n) is 2.55. The molecule has 0 saturated heterocycles. The van der Waals surface area contributed by atoms with Gasteiger partial charge in [-0.1, -0.05) is 67.1 Å². The Morgan fingerprint density at radius 1 is 1.25 bits per heavy atom. The monoisotopic (exact) mass is 235 g/mol. The standard InChI is InChI=1S/C13H21NOSi/c1-4-5-11-14-15-12-16(2,3)13-9-7-6-8-10-13/h6-11H,4-5,12H2,1-3H3. The fourth-order valence-electron chi connectivity index (χ4n) is 1.41. The lowest BCUT2D eigenvalue weighted by atomic mass is 10.4. The van der Waals surface area contributed by atoms with Crippen molar-refractivity contribution in [3.8, 4) is 0 Å². The zero-order valence-corrected chi connectivity index (χ0v) is 11.4. The summed E-state index contributed by atoms with van der Waals surface area (Å²) in [5.41, 5.74) is 0. The van der Waals surface area contributed by atoms with Crippen LogP contribution in [-0.4, -0.2) is 20.5 Å². The van der Waals surface area contributed by atoms with Crippen molar-refractivity contribution in [3.05, 3.63) is 30.3 Å². The van der Waals surface area contributed by atoms with Crippen molar-refractivity contribution in [1.29, 1.82) is 0 Å². The predicted molar refractivity (Wildman–Crippen MR) is 72.9 cm³/mol. The highest BCUT2D eigenvalue weighted by molar-refractivity contribution is 6.89. The Bertz CT molecular complexity index is 322. The molecule has 0 N–H and O–H groups in total. The summed E-state index contributed by atoms with van der Waals surface area (Å²) in [7, 11) is -1.48. The highest BCUT2D eigenvalue weighted by Gasteiger charge is 2.24. The summed E-state index contributed by atoms with van der Waals surface area (Å²) in [6.45, 7) is 6.74. The van der Waals surface area contributed by atoms with E-state index in [4.69, 9.17) is 4.84 Å². The molecule has 0 aliphatic carbocycles. The molecule has 88 valence electrons. The molecule has 2 nitrogen and oxygen atoms in total. The van der Waals surface area contributed by atoms with Crippen LogP contribution in [0.2, 0.25) is 13.1 Å². The number of benzene rings is 1. The highest BCUT2D eigenvalue weighted by atomic mass is 28.3. The smallest absolute Gasteiger partial charge is 0.127 e. The summed E-state index contributed by atoms with van der Waals surface area (Å²) in [6, 6.07) is 10.6. The van der Waals surface area contributed by atoms with E-state index < -0.39 is 8.07 Å².